The number of para-hydroxylation sites is 4. The Balaban J connectivity index is 1.27. The zero-order valence-corrected chi connectivity index (χ0v) is 27.2. The van der Waals surface area contributed by atoms with Crippen LogP contribution in [0.4, 0.5) is 22.7 Å². The summed E-state index contributed by atoms with van der Waals surface area (Å²) in [5, 5.41) is 15.6. The van der Waals surface area contributed by atoms with Gasteiger partial charge in [0.15, 0.2) is 0 Å². The van der Waals surface area contributed by atoms with Gasteiger partial charge in [0, 0.05) is 22.0 Å². The lowest BCUT2D eigenvalue weighted by molar-refractivity contribution is 1.52. The maximum Gasteiger partial charge on any atom is 0.0623 e. The minimum absolute atomic E-state index is 0.766. The number of rotatable bonds is 10. The van der Waals surface area contributed by atoms with Crippen LogP contribution >= 0.6 is 15.8 Å². The molecule has 0 aromatic heterocycles. The predicted octanol–water partition coefficient (Wildman–Crippen LogP) is 8.69. The minimum Gasteiger partial charge on any atom is -0.353 e. The van der Waals surface area contributed by atoms with Crippen molar-refractivity contribution < 1.29 is 0 Å². The lowest BCUT2D eigenvalue weighted by Crippen LogP contribution is -2.23. The van der Waals surface area contributed by atoms with Gasteiger partial charge in [-0.15, -0.1) is 0 Å². The van der Waals surface area contributed by atoms with Gasteiger partial charge in [-0.3, -0.25) is 0 Å². The summed E-state index contributed by atoms with van der Waals surface area (Å²) in [6, 6.07) is 69.5. The van der Waals surface area contributed by atoms with Gasteiger partial charge in [-0.05, 0) is 61.3 Å². The maximum absolute atomic E-state index is 3.85. The molecule has 0 fully saturated rings. The lowest BCUT2D eigenvalue weighted by atomic mass is 10.2. The fourth-order valence-corrected chi connectivity index (χ4v) is 10.5. The molecule has 0 heterocycles. The van der Waals surface area contributed by atoms with Crippen LogP contribution in [0.5, 0.6) is 0 Å². The molecule has 4 heteroatoms. The van der Waals surface area contributed by atoms with Gasteiger partial charge in [0.25, 0.3) is 0 Å². The third-order valence-corrected chi connectivity index (χ3v) is 12.8. The minimum atomic E-state index is -0.766. The highest BCUT2D eigenvalue weighted by atomic mass is 31.1. The topological polar surface area (TPSA) is 24.1 Å². The summed E-state index contributed by atoms with van der Waals surface area (Å²) in [6.45, 7) is 0. The Bertz CT molecular complexity index is 1770. The van der Waals surface area contributed by atoms with Crippen molar-refractivity contribution in [3.63, 3.8) is 0 Å². The molecular formula is C42H34N2P2. The fraction of sp³-hybridized carbons (Fsp3) is 0. The second-order valence-electron chi connectivity index (χ2n) is 10.8. The molecule has 2 nitrogen and oxygen atoms in total. The molecule has 0 atom stereocenters. The van der Waals surface area contributed by atoms with Gasteiger partial charge in [-0.2, -0.15) is 0 Å². The summed E-state index contributed by atoms with van der Waals surface area (Å²) in [6.07, 6.45) is 0. The van der Waals surface area contributed by atoms with Crippen LogP contribution in [0.2, 0.25) is 0 Å². The summed E-state index contributed by atoms with van der Waals surface area (Å²) in [4.78, 5) is 0. The van der Waals surface area contributed by atoms with Crippen LogP contribution in [0.25, 0.3) is 0 Å². The molecule has 0 aliphatic rings. The molecule has 0 aliphatic heterocycles. The second-order valence-corrected chi connectivity index (χ2v) is 15.2. The molecule has 7 aromatic rings. The standard InChI is InChI=1S/C42H34N2P2/c1-5-19-33(20-6-1)45(34-21-7-2-8-22-34)41-31-17-15-29-39(41)43-37-27-13-14-28-38(37)44-40-30-16-18-32-42(40)46(35-23-9-3-10-24-35)36-25-11-4-12-26-36/h1-32,43-44H. The highest BCUT2D eigenvalue weighted by Crippen LogP contribution is 2.39. The van der Waals surface area contributed by atoms with E-state index in [4.69, 9.17) is 0 Å². The van der Waals surface area contributed by atoms with Crippen LogP contribution in [0.15, 0.2) is 194 Å². The smallest absolute Gasteiger partial charge is 0.0623 e. The molecule has 0 bridgehead atoms. The maximum atomic E-state index is 3.85. The van der Waals surface area contributed by atoms with E-state index in [1.165, 1.54) is 31.8 Å². The zero-order chi connectivity index (χ0) is 31.0. The first-order valence-corrected chi connectivity index (χ1v) is 18.1. The van der Waals surface area contributed by atoms with Crippen molar-refractivity contribution in [2.75, 3.05) is 10.6 Å². The van der Waals surface area contributed by atoms with E-state index in [0.29, 0.717) is 0 Å². The molecule has 222 valence electrons. The van der Waals surface area contributed by atoms with Crippen LogP contribution in [0.1, 0.15) is 0 Å². The van der Waals surface area contributed by atoms with E-state index in [1.54, 1.807) is 0 Å². The Morgan fingerprint density at radius 1 is 0.239 bits per heavy atom. The van der Waals surface area contributed by atoms with Gasteiger partial charge in [-0.1, -0.05) is 170 Å². The Hall–Kier alpha value is -5.00. The second kappa shape index (κ2) is 14.4. The molecule has 0 radical (unpaired) electrons. The molecular weight excluding hydrogens is 594 g/mol. The molecule has 7 aromatic carbocycles. The number of anilines is 4. The van der Waals surface area contributed by atoms with E-state index in [1.807, 2.05) is 0 Å². The number of hydrogen-bond donors (Lipinski definition) is 2. The van der Waals surface area contributed by atoms with Gasteiger partial charge >= 0.3 is 0 Å². The van der Waals surface area contributed by atoms with E-state index < -0.39 is 15.8 Å². The molecule has 0 saturated heterocycles. The number of nitrogens with one attached hydrogen (secondary N) is 2. The van der Waals surface area contributed by atoms with Crippen LogP contribution in [-0.4, -0.2) is 0 Å². The quantitative estimate of drug-likeness (QED) is 0.148. The third kappa shape index (κ3) is 6.65. The molecule has 0 unspecified atom stereocenters. The summed E-state index contributed by atoms with van der Waals surface area (Å²) >= 11 is 0. The van der Waals surface area contributed by atoms with Crippen molar-refractivity contribution in [3.8, 4) is 0 Å². The average molecular weight is 629 g/mol. The monoisotopic (exact) mass is 628 g/mol. The molecule has 2 N–H and O–H groups in total. The van der Waals surface area contributed by atoms with Crippen molar-refractivity contribution in [3.05, 3.63) is 194 Å². The van der Waals surface area contributed by atoms with Crippen molar-refractivity contribution in [1.82, 2.24) is 0 Å². The Labute approximate surface area is 274 Å². The summed E-state index contributed by atoms with van der Waals surface area (Å²) in [5.41, 5.74) is 4.29. The normalized spacial score (nSPS) is 11.0. The van der Waals surface area contributed by atoms with Crippen molar-refractivity contribution >= 4 is 70.4 Å². The molecule has 7 rings (SSSR count). The molecule has 0 saturated carbocycles. The number of hydrogen-bond acceptors (Lipinski definition) is 2. The van der Waals surface area contributed by atoms with Gasteiger partial charge in [-0.25, -0.2) is 0 Å². The van der Waals surface area contributed by atoms with E-state index >= 15 is 0 Å². The Morgan fingerprint density at radius 3 is 0.783 bits per heavy atom. The molecule has 0 amide bonds. The first kappa shape index (κ1) is 29.7. The van der Waals surface area contributed by atoms with Gasteiger partial charge in [0.1, 0.15) is 0 Å². The van der Waals surface area contributed by atoms with Crippen LogP contribution in [-0.2, 0) is 0 Å². The van der Waals surface area contributed by atoms with Crippen molar-refractivity contribution in [2.45, 2.75) is 0 Å². The summed E-state index contributed by atoms with van der Waals surface area (Å²) in [5.74, 6) is 0. The van der Waals surface area contributed by atoms with E-state index in [-0.39, 0.29) is 0 Å². The molecule has 46 heavy (non-hydrogen) atoms. The van der Waals surface area contributed by atoms with Crippen LogP contribution in [0, 0.1) is 0 Å². The predicted molar refractivity (Wildman–Crippen MR) is 203 cm³/mol. The van der Waals surface area contributed by atoms with E-state index in [0.717, 1.165) is 22.7 Å². The fourth-order valence-electron chi connectivity index (χ4n) is 5.70. The van der Waals surface area contributed by atoms with Gasteiger partial charge in [0.05, 0.1) is 11.4 Å². The third-order valence-electron chi connectivity index (χ3n) is 7.81. The number of benzene rings is 7. The van der Waals surface area contributed by atoms with Gasteiger partial charge < -0.3 is 10.6 Å². The Kier molecular flexibility index (Phi) is 9.30. The lowest BCUT2D eigenvalue weighted by Gasteiger charge is -2.25. The van der Waals surface area contributed by atoms with Crippen molar-refractivity contribution in [1.29, 1.82) is 0 Å². The van der Waals surface area contributed by atoms with Crippen LogP contribution < -0.4 is 42.5 Å². The summed E-state index contributed by atoms with van der Waals surface area (Å²) < 4.78 is 0. The molecule has 0 spiro atoms. The highest BCUT2D eigenvalue weighted by molar-refractivity contribution is 7.80. The SMILES string of the molecule is c1ccc(P(c2ccccc2)c2ccccc2Nc2ccccc2Nc2ccccc2P(c2ccccc2)c2ccccc2)cc1. The first-order valence-electron chi connectivity index (χ1n) is 15.5. The zero-order valence-electron chi connectivity index (χ0n) is 25.4. The first-order chi connectivity index (χ1) is 22.8. The average Bonchev–Trinajstić information content (AvgIpc) is 3.13. The van der Waals surface area contributed by atoms with Crippen molar-refractivity contribution in [2.24, 2.45) is 0 Å². The van der Waals surface area contributed by atoms with Gasteiger partial charge in [0.2, 0.25) is 0 Å². The highest BCUT2D eigenvalue weighted by Gasteiger charge is 2.22. The largest absolute Gasteiger partial charge is 0.353 e. The van der Waals surface area contributed by atoms with E-state index in [2.05, 4.69) is 205 Å². The molecule has 0 aliphatic carbocycles. The Morgan fingerprint density at radius 2 is 0.478 bits per heavy atom. The van der Waals surface area contributed by atoms with E-state index in [9.17, 15) is 0 Å². The summed E-state index contributed by atoms with van der Waals surface area (Å²) in [7, 11) is -1.53. The van der Waals surface area contributed by atoms with Crippen LogP contribution in [0.3, 0.4) is 0 Å².